The zero-order valence-corrected chi connectivity index (χ0v) is 19.4. The second kappa shape index (κ2) is 9.64. The number of hydrogen-bond donors (Lipinski definition) is 3. The van der Waals surface area contributed by atoms with Gasteiger partial charge in [0.2, 0.25) is 0 Å². The predicted molar refractivity (Wildman–Crippen MR) is 123 cm³/mol. The summed E-state index contributed by atoms with van der Waals surface area (Å²) in [4.78, 5) is -0.863. The first-order valence-electron chi connectivity index (χ1n) is 9.35. The van der Waals surface area contributed by atoms with Gasteiger partial charge in [-0.3, -0.25) is 9.11 Å². The van der Waals surface area contributed by atoms with Crippen molar-refractivity contribution in [3.05, 3.63) is 60.2 Å². The number of benzene rings is 3. The van der Waals surface area contributed by atoms with Crippen molar-refractivity contribution in [1.29, 1.82) is 0 Å². The van der Waals surface area contributed by atoms with E-state index in [1.807, 2.05) is 0 Å². The zero-order chi connectivity index (χ0) is 25.1. The number of hydrogen-bond acceptors (Lipinski definition) is 10. The number of methoxy groups -OCH3 is 1. The first-order valence-corrected chi connectivity index (χ1v) is 12.2. The molecule has 0 fully saturated rings. The third-order valence-electron chi connectivity index (χ3n) is 4.45. The molecule has 0 aliphatic heterocycles. The fraction of sp³-hybridized carbons (Fsp3) is 0.100. The molecule has 14 heteroatoms. The lowest BCUT2D eigenvalue weighted by atomic mass is 10.1. The Balaban J connectivity index is 1.93. The summed E-state index contributed by atoms with van der Waals surface area (Å²) < 4.78 is 69.8. The molecule has 0 radical (unpaired) electrons. The Kier molecular flexibility index (Phi) is 7.07. The third kappa shape index (κ3) is 5.99. The van der Waals surface area contributed by atoms with E-state index in [-0.39, 0.29) is 22.0 Å². The molecule has 0 aromatic heterocycles. The quantitative estimate of drug-likeness (QED) is 0.229. The van der Waals surface area contributed by atoms with Gasteiger partial charge in [-0.1, -0.05) is 0 Å². The van der Waals surface area contributed by atoms with Gasteiger partial charge in [0, 0.05) is 6.07 Å². The van der Waals surface area contributed by atoms with E-state index in [1.165, 1.54) is 37.4 Å². The highest BCUT2D eigenvalue weighted by Crippen LogP contribution is 2.34. The van der Waals surface area contributed by atoms with Crippen LogP contribution in [-0.4, -0.2) is 33.1 Å². The van der Waals surface area contributed by atoms with Crippen LogP contribution in [0, 0.1) is 6.92 Å². The van der Waals surface area contributed by atoms with Crippen molar-refractivity contribution in [3.63, 3.8) is 0 Å². The molecule has 178 valence electrons. The van der Waals surface area contributed by atoms with Crippen molar-refractivity contribution in [2.24, 2.45) is 20.5 Å². The molecule has 0 atom stereocenters. The van der Waals surface area contributed by atoms with Crippen LogP contribution in [0.3, 0.4) is 0 Å². The SMILES string of the molecule is COc1cc(N=Nc2ccc(N=Nc3ccc(S(=O)(=O)O)cc3)cc2S(=O)(=O)O)c(C)cc1N. The van der Waals surface area contributed by atoms with Gasteiger partial charge >= 0.3 is 0 Å². The van der Waals surface area contributed by atoms with Crippen LogP contribution in [0.5, 0.6) is 5.75 Å². The van der Waals surface area contributed by atoms with E-state index in [9.17, 15) is 21.4 Å². The van der Waals surface area contributed by atoms with E-state index in [4.69, 9.17) is 15.0 Å². The van der Waals surface area contributed by atoms with Gasteiger partial charge in [0.1, 0.15) is 16.3 Å². The lowest BCUT2D eigenvalue weighted by molar-refractivity contribution is 0.417. The number of aryl methyl sites for hydroxylation is 1. The fourth-order valence-corrected chi connectivity index (χ4v) is 3.87. The summed E-state index contributed by atoms with van der Waals surface area (Å²) in [6.07, 6.45) is 0. The van der Waals surface area contributed by atoms with Crippen LogP contribution >= 0.6 is 0 Å². The maximum atomic E-state index is 11.9. The van der Waals surface area contributed by atoms with Gasteiger partial charge in [-0.2, -0.15) is 32.2 Å². The summed E-state index contributed by atoms with van der Waals surface area (Å²) in [7, 11) is -7.60. The summed E-state index contributed by atoms with van der Waals surface area (Å²) in [6.45, 7) is 1.74. The molecule has 0 saturated heterocycles. The van der Waals surface area contributed by atoms with Crippen molar-refractivity contribution in [2.75, 3.05) is 12.8 Å². The van der Waals surface area contributed by atoms with Crippen molar-refractivity contribution in [2.45, 2.75) is 16.7 Å². The second-order valence-electron chi connectivity index (χ2n) is 6.88. The van der Waals surface area contributed by atoms with Crippen molar-refractivity contribution < 1.29 is 30.7 Å². The molecule has 0 aliphatic carbocycles. The largest absolute Gasteiger partial charge is 0.495 e. The third-order valence-corrected chi connectivity index (χ3v) is 6.20. The minimum Gasteiger partial charge on any atom is -0.495 e. The Morgan fingerprint density at radius 2 is 1.35 bits per heavy atom. The standard InChI is InChI=1S/C20H19N5O7S2/c1-12-9-16(21)19(32-2)11-18(12)25-24-17-8-5-14(10-20(17)34(29,30)31)23-22-13-3-6-15(7-4-13)33(26,27)28/h3-11H,21H2,1-2H3,(H,26,27,28)(H,29,30,31). The van der Waals surface area contributed by atoms with Gasteiger partial charge in [-0.15, -0.1) is 5.11 Å². The molecular weight excluding hydrogens is 486 g/mol. The summed E-state index contributed by atoms with van der Waals surface area (Å²) in [5, 5.41) is 15.7. The van der Waals surface area contributed by atoms with Gasteiger partial charge in [-0.25, -0.2) is 0 Å². The Morgan fingerprint density at radius 1 is 0.765 bits per heavy atom. The van der Waals surface area contributed by atoms with E-state index in [2.05, 4.69) is 20.5 Å². The van der Waals surface area contributed by atoms with Crippen LogP contribution in [0.15, 0.2) is 84.8 Å². The van der Waals surface area contributed by atoms with Crippen molar-refractivity contribution in [3.8, 4) is 5.75 Å². The first kappa shape index (κ1) is 24.9. The van der Waals surface area contributed by atoms with Crippen LogP contribution in [0.1, 0.15) is 5.56 Å². The number of ether oxygens (including phenoxy) is 1. The van der Waals surface area contributed by atoms with Crippen molar-refractivity contribution in [1.82, 2.24) is 0 Å². The van der Waals surface area contributed by atoms with Crippen LogP contribution in [-0.2, 0) is 20.2 Å². The predicted octanol–water partition coefficient (Wildman–Crippen LogP) is 4.91. The van der Waals surface area contributed by atoms with Crippen LogP contribution in [0.25, 0.3) is 0 Å². The van der Waals surface area contributed by atoms with E-state index >= 15 is 0 Å². The topological polar surface area (TPSA) is 193 Å². The Labute approximate surface area is 195 Å². The van der Waals surface area contributed by atoms with E-state index in [1.54, 1.807) is 13.0 Å². The number of anilines is 1. The van der Waals surface area contributed by atoms with Gasteiger partial charge in [0.15, 0.2) is 0 Å². The molecule has 3 aromatic carbocycles. The highest BCUT2D eigenvalue weighted by Gasteiger charge is 2.17. The molecule has 4 N–H and O–H groups in total. The average Bonchev–Trinajstić information content (AvgIpc) is 2.76. The summed E-state index contributed by atoms with van der Waals surface area (Å²) in [5.74, 6) is 0.370. The molecule has 3 aromatic rings. The zero-order valence-electron chi connectivity index (χ0n) is 17.8. The van der Waals surface area contributed by atoms with E-state index < -0.39 is 25.1 Å². The number of azo groups is 2. The number of nitrogen functional groups attached to an aromatic ring is 1. The molecule has 34 heavy (non-hydrogen) atoms. The van der Waals surface area contributed by atoms with E-state index in [0.29, 0.717) is 22.7 Å². The van der Waals surface area contributed by atoms with Gasteiger partial charge in [-0.05, 0) is 61.0 Å². The normalized spacial score (nSPS) is 12.5. The fourth-order valence-electron chi connectivity index (χ4n) is 2.75. The lowest BCUT2D eigenvalue weighted by Gasteiger charge is -2.07. The van der Waals surface area contributed by atoms with Gasteiger partial charge < -0.3 is 10.5 Å². The monoisotopic (exact) mass is 505 g/mol. The summed E-state index contributed by atoms with van der Waals surface area (Å²) in [6, 6.07) is 11.7. The molecule has 0 bridgehead atoms. The molecule has 0 spiro atoms. The number of nitrogens with zero attached hydrogens (tertiary/aromatic N) is 4. The second-order valence-corrected chi connectivity index (χ2v) is 9.69. The first-order chi connectivity index (χ1) is 15.9. The van der Waals surface area contributed by atoms with Gasteiger partial charge in [0.25, 0.3) is 20.2 Å². The molecule has 3 rings (SSSR count). The number of nitrogens with two attached hydrogens (primary N) is 1. The number of rotatable bonds is 7. The minimum absolute atomic E-state index is 0.0655. The maximum Gasteiger partial charge on any atom is 0.296 e. The summed E-state index contributed by atoms with van der Waals surface area (Å²) in [5.41, 5.74) is 7.44. The lowest BCUT2D eigenvalue weighted by Crippen LogP contribution is -1.98. The van der Waals surface area contributed by atoms with Crippen LogP contribution in [0.4, 0.5) is 28.4 Å². The van der Waals surface area contributed by atoms with Gasteiger partial charge in [0.05, 0.1) is 34.8 Å². The molecular formula is C20H19N5O7S2. The van der Waals surface area contributed by atoms with Crippen LogP contribution < -0.4 is 10.5 Å². The highest BCUT2D eigenvalue weighted by atomic mass is 32.2. The molecule has 0 saturated carbocycles. The minimum atomic E-state index is -4.69. The Bertz CT molecular complexity index is 1500. The maximum absolute atomic E-state index is 11.9. The molecule has 0 heterocycles. The summed E-state index contributed by atoms with van der Waals surface area (Å²) >= 11 is 0. The highest BCUT2D eigenvalue weighted by molar-refractivity contribution is 7.86. The molecule has 0 unspecified atom stereocenters. The molecule has 12 nitrogen and oxygen atoms in total. The van der Waals surface area contributed by atoms with Crippen molar-refractivity contribution >= 4 is 48.7 Å². The Morgan fingerprint density at radius 3 is 1.94 bits per heavy atom. The molecule has 0 aliphatic rings. The van der Waals surface area contributed by atoms with E-state index in [0.717, 1.165) is 18.2 Å². The molecule has 0 amide bonds. The average molecular weight is 506 g/mol. The Hall–Kier alpha value is -3.72. The smallest absolute Gasteiger partial charge is 0.296 e. The van der Waals surface area contributed by atoms with Crippen LogP contribution in [0.2, 0.25) is 0 Å².